The molecule has 2 bridgehead atoms. The van der Waals surface area contributed by atoms with Crippen LogP contribution in [0.25, 0.3) is 22.6 Å². The monoisotopic (exact) mass is 450 g/mol. The Hall–Kier alpha value is -3.02. The number of alkyl halides is 3. The van der Waals surface area contributed by atoms with Gasteiger partial charge in [-0.05, 0) is 18.8 Å². The molecule has 32 heavy (non-hydrogen) atoms. The number of hydrogen-bond donors (Lipinski definition) is 1. The summed E-state index contributed by atoms with van der Waals surface area (Å²) in [5.41, 5.74) is 8.12. The van der Waals surface area contributed by atoms with E-state index in [1.54, 1.807) is 12.4 Å². The van der Waals surface area contributed by atoms with Crippen LogP contribution in [0.1, 0.15) is 32.5 Å². The van der Waals surface area contributed by atoms with Crippen LogP contribution in [0.5, 0.6) is 0 Å². The van der Waals surface area contributed by atoms with Crippen molar-refractivity contribution in [1.29, 1.82) is 0 Å². The van der Waals surface area contributed by atoms with Gasteiger partial charge in [-0.2, -0.15) is 13.2 Å². The van der Waals surface area contributed by atoms with Gasteiger partial charge in [-0.1, -0.05) is 13.8 Å². The summed E-state index contributed by atoms with van der Waals surface area (Å²) in [6.45, 7) is 3.33. The van der Waals surface area contributed by atoms with Gasteiger partial charge in [-0.15, -0.1) is 0 Å². The minimum absolute atomic E-state index is 0.245. The molecule has 9 nitrogen and oxygen atoms in total. The van der Waals surface area contributed by atoms with Gasteiger partial charge < -0.3 is 19.9 Å². The van der Waals surface area contributed by atoms with E-state index >= 15 is 0 Å². The number of fused-ring (bicyclic) bond motifs is 4. The first kappa shape index (κ1) is 22.2. The van der Waals surface area contributed by atoms with Gasteiger partial charge in [0.05, 0.1) is 12.2 Å². The molecule has 12 heteroatoms. The molecule has 0 atom stereocenters. The number of nitrogen functional groups attached to an aromatic ring is 1. The van der Waals surface area contributed by atoms with Gasteiger partial charge in [-0.25, -0.2) is 24.9 Å². The molecule has 0 radical (unpaired) electrons. The number of hydrogen-bond acceptors (Lipinski definition) is 8. The predicted octanol–water partition coefficient (Wildman–Crippen LogP) is 3.20. The van der Waals surface area contributed by atoms with Crippen molar-refractivity contribution in [3.8, 4) is 11.4 Å². The van der Waals surface area contributed by atoms with E-state index in [0.29, 0.717) is 25.1 Å². The molecule has 6 heterocycles. The zero-order valence-electron chi connectivity index (χ0n) is 17.9. The Balaban J connectivity index is 0.000000371. The number of ether oxygens (including phenoxy) is 1. The molecular formula is C20H25F3N8O. The third-order valence-electron chi connectivity index (χ3n) is 5.65. The Morgan fingerprint density at radius 1 is 1.09 bits per heavy atom. The van der Waals surface area contributed by atoms with E-state index in [2.05, 4.69) is 19.4 Å². The number of nitrogens with two attached hydrogens (primary N) is 1. The summed E-state index contributed by atoms with van der Waals surface area (Å²) in [5, 5.41) is 0. The second-order valence-electron chi connectivity index (χ2n) is 7.50. The first-order valence-corrected chi connectivity index (χ1v) is 10.6. The fourth-order valence-corrected chi connectivity index (χ4v) is 4.27. The summed E-state index contributed by atoms with van der Waals surface area (Å²) in [5.74, 6) is 3.49. The van der Waals surface area contributed by atoms with Crippen molar-refractivity contribution in [2.45, 2.75) is 52.6 Å². The lowest BCUT2D eigenvalue weighted by Gasteiger charge is -2.26. The summed E-state index contributed by atoms with van der Waals surface area (Å²) in [6.07, 6.45) is 5.85. The molecule has 3 fully saturated rings. The quantitative estimate of drug-likeness (QED) is 0.634. The van der Waals surface area contributed by atoms with Crippen LogP contribution in [0, 0.1) is 5.92 Å². The number of anilines is 2. The van der Waals surface area contributed by atoms with E-state index in [0.717, 1.165) is 47.4 Å². The summed E-state index contributed by atoms with van der Waals surface area (Å²) in [4.78, 5) is 25.1. The van der Waals surface area contributed by atoms with Crippen molar-refractivity contribution in [3.63, 3.8) is 0 Å². The SMILES string of the molecule is CC.FC(F)F.Nc1ncc(-c2nc(N3CC4CC3C4)c3nc4n(c3n2)CCOC4)cn1. The van der Waals surface area contributed by atoms with E-state index in [1.807, 2.05) is 13.8 Å². The van der Waals surface area contributed by atoms with Crippen molar-refractivity contribution in [3.05, 3.63) is 18.2 Å². The van der Waals surface area contributed by atoms with Crippen molar-refractivity contribution in [1.82, 2.24) is 29.5 Å². The smallest absolute Gasteiger partial charge is 0.372 e. The minimum Gasteiger partial charge on any atom is -0.372 e. The fraction of sp³-hybridized carbons (Fsp3) is 0.550. The van der Waals surface area contributed by atoms with E-state index in [4.69, 9.17) is 25.4 Å². The summed E-state index contributed by atoms with van der Waals surface area (Å²) >= 11 is 0. The average Bonchev–Trinajstić information content (AvgIpc) is 3.47. The van der Waals surface area contributed by atoms with Crippen LogP contribution >= 0.6 is 0 Å². The Labute approximate surface area is 182 Å². The highest BCUT2D eigenvalue weighted by atomic mass is 19.4. The molecule has 3 aromatic rings. The lowest BCUT2D eigenvalue weighted by atomic mass is 9.86. The van der Waals surface area contributed by atoms with Crippen molar-refractivity contribution in [2.24, 2.45) is 5.92 Å². The van der Waals surface area contributed by atoms with Gasteiger partial charge >= 0.3 is 6.68 Å². The van der Waals surface area contributed by atoms with Gasteiger partial charge in [0.25, 0.3) is 0 Å². The zero-order chi connectivity index (χ0) is 22.8. The first-order valence-electron chi connectivity index (χ1n) is 10.6. The summed E-state index contributed by atoms with van der Waals surface area (Å²) in [6, 6.07) is 0.573. The number of nitrogens with zero attached hydrogens (tertiary/aromatic N) is 7. The van der Waals surface area contributed by atoms with Crippen LogP contribution in [0.15, 0.2) is 12.4 Å². The highest BCUT2D eigenvalue weighted by Crippen LogP contribution is 2.44. The Bertz CT molecular complexity index is 1070. The second kappa shape index (κ2) is 9.23. The van der Waals surface area contributed by atoms with E-state index in [-0.39, 0.29) is 5.95 Å². The van der Waals surface area contributed by atoms with Gasteiger partial charge in [-0.3, -0.25) is 0 Å². The molecule has 1 saturated carbocycles. The largest absolute Gasteiger partial charge is 0.379 e. The number of halogens is 3. The molecule has 7 rings (SSSR count). The van der Waals surface area contributed by atoms with Gasteiger partial charge in [0, 0.05) is 31.5 Å². The fourth-order valence-electron chi connectivity index (χ4n) is 4.27. The zero-order valence-corrected chi connectivity index (χ0v) is 17.9. The first-order chi connectivity index (χ1) is 15.5. The van der Waals surface area contributed by atoms with E-state index < -0.39 is 6.68 Å². The minimum atomic E-state index is -3.67. The van der Waals surface area contributed by atoms with Crippen LogP contribution in [0.2, 0.25) is 0 Å². The molecule has 1 aliphatic carbocycles. The third kappa shape index (κ3) is 4.18. The lowest BCUT2D eigenvalue weighted by molar-refractivity contribution is 0.00819. The molecule has 2 N–H and O–H groups in total. The van der Waals surface area contributed by atoms with Crippen LogP contribution in [-0.2, 0) is 17.9 Å². The Morgan fingerprint density at radius 2 is 1.78 bits per heavy atom. The normalized spacial score (nSPS) is 20.8. The van der Waals surface area contributed by atoms with E-state index in [9.17, 15) is 13.2 Å². The number of rotatable bonds is 2. The predicted molar refractivity (Wildman–Crippen MR) is 113 cm³/mol. The molecule has 172 valence electrons. The molecule has 0 unspecified atom stereocenters. The molecule has 0 spiro atoms. The molecule has 4 aliphatic rings. The maximum absolute atomic E-state index is 9.67. The van der Waals surface area contributed by atoms with Crippen molar-refractivity contribution in [2.75, 3.05) is 23.8 Å². The van der Waals surface area contributed by atoms with Crippen molar-refractivity contribution >= 4 is 22.9 Å². The number of imidazole rings is 1. The molecule has 2 saturated heterocycles. The molecule has 3 aromatic heterocycles. The number of aromatic nitrogens is 6. The molecule has 0 amide bonds. The van der Waals surface area contributed by atoms with Crippen LogP contribution in [0.4, 0.5) is 24.9 Å². The topological polar surface area (TPSA) is 108 Å². The maximum atomic E-state index is 9.67. The van der Waals surface area contributed by atoms with E-state index in [1.165, 1.54) is 12.8 Å². The summed E-state index contributed by atoms with van der Waals surface area (Å²) in [7, 11) is 0. The molecular weight excluding hydrogens is 425 g/mol. The van der Waals surface area contributed by atoms with Crippen LogP contribution in [0.3, 0.4) is 0 Å². The van der Waals surface area contributed by atoms with Gasteiger partial charge in [0.2, 0.25) is 5.95 Å². The lowest BCUT2D eigenvalue weighted by Crippen LogP contribution is -2.29. The van der Waals surface area contributed by atoms with Gasteiger partial charge in [0.15, 0.2) is 22.8 Å². The third-order valence-corrected chi connectivity index (χ3v) is 5.65. The van der Waals surface area contributed by atoms with Crippen molar-refractivity contribution < 1.29 is 17.9 Å². The van der Waals surface area contributed by atoms with Crippen LogP contribution < -0.4 is 10.6 Å². The van der Waals surface area contributed by atoms with Gasteiger partial charge in [0.1, 0.15) is 12.4 Å². The Kier molecular flexibility index (Phi) is 6.40. The summed E-state index contributed by atoms with van der Waals surface area (Å²) < 4.78 is 36.7. The highest BCUT2D eigenvalue weighted by molar-refractivity contribution is 5.86. The highest BCUT2D eigenvalue weighted by Gasteiger charge is 2.44. The Morgan fingerprint density at radius 3 is 2.41 bits per heavy atom. The van der Waals surface area contributed by atoms with Crippen LogP contribution in [-0.4, -0.2) is 55.4 Å². The maximum Gasteiger partial charge on any atom is 0.379 e. The second-order valence-corrected chi connectivity index (χ2v) is 7.50. The molecule has 0 aromatic carbocycles. The average molecular weight is 450 g/mol. The standard InChI is InChI=1S/C17H18N8O.C2H6.CHF3/c18-17-19-5-10(6-20-17)14-22-15-13(21-12-8-26-2-1-24(12)15)16(23-14)25-7-9-3-11(25)4-9;1-2;2-1(3)4/h5-6,9,11H,1-4,7-8H2,(H2,18,19,20);1-2H3;1H. The molecule has 3 aliphatic heterocycles.